The Labute approximate surface area is 189 Å². The molecule has 2 bridgehead atoms. The first-order chi connectivity index (χ1) is 15.5. The molecule has 168 valence electrons. The lowest BCUT2D eigenvalue weighted by Crippen LogP contribution is -2.62. The first kappa shape index (κ1) is 21.0. The summed E-state index contributed by atoms with van der Waals surface area (Å²) in [5, 5.41) is 0. The molecule has 2 saturated heterocycles. The third-order valence-corrected chi connectivity index (χ3v) is 7.89. The fraction of sp³-hybridized carbons (Fsp3) is 0.500. The maximum absolute atomic E-state index is 13.6. The zero-order chi connectivity index (χ0) is 22.3. The summed E-state index contributed by atoms with van der Waals surface area (Å²) >= 11 is 0. The molecule has 5 rings (SSSR count). The van der Waals surface area contributed by atoms with Crippen molar-refractivity contribution in [3.8, 4) is 5.75 Å². The minimum absolute atomic E-state index is 0.00241. The van der Waals surface area contributed by atoms with Crippen LogP contribution < -0.4 is 4.74 Å². The lowest BCUT2D eigenvalue weighted by atomic mass is 9.64. The van der Waals surface area contributed by atoms with Crippen LogP contribution in [0, 0.1) is 5.41 Å². The number of carbonyl (C=O) groups excluding carboxylic acids is 2. The van der Waals surface area contributed by atoms with Gasteiger partial charge in [-0.15, -0.1) is 0 Å². The number of nitrogens with zero attached hydrogens (tertiary/aromatic N) is 3. The van der Waals surface area contributed by atoms with E-state index in [9.17, 15) is 9.59 Å². The average Bonchev–Trinajstić information content (AvgIpc) is 3.11. The van der Waals surface area contributed by atoms with E-state index in [2.05, 4.69) is 33.8 Å². The summed E-state index contributed by atoms with van der Waals surface area (Å²) in [5.41, 5.74) is 1.14. The summed E-state index contributed by atoms with van der Waals surface area (Å²) in [4.78, 5) is 34.8. The second-order valence-corrected chi connectivity index (χ2v) is 9.70. The average molecular weight is 434 g/mol. The van der Waals surface area contributed by atoms with E-state index in [4.69, 9.17) is 4.74 Å². The van der Waals surface area contributed by atoms with Crippen LogP contribution in [0.25, 0.3) is 0 Å². The number of hydrogen-bond donors (Lipinski definition) is 0. The van der Waals surface area contributed by atoms with Gasteiger partial charge in [-0.2, -0.15) is 0 Å². The predicted molar refractivity (Wildman–Crippen MR) is 121 cm³/mol. The highest BCUT2D eigenvalue weighted by Crippen LogP contribution is 2.56. The lowest BCUT2D eigenvalue weighted by Gasteiger charge is -2.52. The van der Waals surface area contributed by atoms with Crippen LogP contribution in [0.3, 0.4) is 0 Å². The van der Waals surface area contributed by atoms with Crippen molar-refractivity contribution in [2.75, 3.05) is 6.61 Å². The van der Waals surface area contributed by atoms with Crippen molar-refractivity contribution in [1.82, 2.24) is 14.8 Å². The summed E-state index contributed by atoms with van der Waals surface area (Å²) in [7, 11) is 0. The van der Waals surface area contributed by atoms with Crippen LogP contribution in [0.4, 0.5) is 0 Å². The molecule has 6 nitrogen and oxygen atoms in total. The number of benzene rings is 1. The van der Waals surface area contributed by atoms with Crippen LogP contribution in [-0.2, 0) is 16.0 Å². The predicted octanol–water partition coefficient (Wildman–Crippen LogP) is 3.46. The molecule has 0 spiro atoms. The SMILES string of the molecule is CC(=O)N1[C@@H](Cc2ccccc2)[C@@H]2C[C@@]3(C)[C@H](CCC[C@@H]13)N2C(=O)COc1cccnc1. The number of ether oxygens (including phenoxy) is 1. The molecular weight excluding hydrogens is 402 g/mol. The van der Waals surface area contributed by atoms with Crippen LogP contribution in [0.5, 0.6) is 5.75 Å². The van der Waals surface area contributed by atoms with E-state index in [-0.39, 0.29) is 48.0 Å². The van der Waals surface area contributed by atoms with Crippen LogP contribution in [0.2, 0.25) is 0 Å². The maximum atomic E-state index is 13.6. The van der Waals surface area contributed by atoms with Crippen molar-refractivity contribution in [2.45, 2.75) is 70.1 Å². The highest BCUT2D eigenvalue weighted by atomic mass is 16.5. The van der Waals surface area contributed by atoms with Crippen LogP contribution in [0.15, 0.2) is 54.9 Å². The molecule has 6 heteroatoms. The summed E-state index contributed by atoms with van der Waals surface area (Å²) in [6, 6.07) is 14.3. The molecule has 3 aliphatic rings. The first-order valence-electron chi connectivity index (χ1n) is 11.7. The highest BCUT2D eigenvalue weighted by molar-refractivity contribution is 5.80. The second-order valence-electron chi connectivity index (χ2n) is 9.70. The molecule has 32 heavy (non-hydrogen) atoms. The quantitative estimate of drug-likeness (QED) is 0.725. The van der Waals surface area contributed by atoms with Gasteiger partial charge in [0.25, 0.3) is 5.91 Å². The van der Waals surface area contributed by atoms with Gasteiger partial charge < -0.3 is 14.5 Å². The van der Waals surface area contributed by atoms with E-state index in [1.54, 1.807) is 25.4 Å². The standard InChI is InChI=1S/C26H31N3O3/c1-18(30)28-21(14-19-8-4-3-5-9-19)22-15-26(2)23(28)11-6-12-24(26)29(22)25(31)17-32-20-10-7-13-27-16-20/h3-5,7-10,13,16,21-24H,6,11-12,14-15,17H2,1-2H3/t21-,22-,23+,24-,26+/m0/s1. The summed E-state index contributed by atoms with van der Waals surface area (Å²) < 4.78 is 5.79. The van der Waals surface area contributed by atoms with E-state index in [1.165, 1.54) is 5.56 Å². The highest BCUT2D eigenvalue weighted by Gasteiger charge is 2.64. The summed E-state index contributed by atoms with van der Waals surface area (Å²) in [6.45, 7) is 3.98. The Kier molecular flexibility index (Phi) is 5.39. The maximum Gasteiger partial charge on any atom is 0.261 e. The summed E-state index contributed by atoms with van der Waals surface area (Å²) in [6.07, 6.45) is 8.06. The van der Waals surface area contributed by atoms with Crippen molar-refractivity contribution in [3.05, 3.63) is 60.4 Å². The van der Waals surface area contributed by atoms with E-state index in [0.29, 0.717) is 5.75 Å². The van der Waals surface area contributed by atoms with Crippen molar-refractivity contribution >= 4 is 11.8 Å². The van der Waals surface area contributed by atoms with Gasteiger partial charge in [-0.25, -0.2) is 0 Å². The van der Waals surface area contributed by atoms with Gasteiger partial charge in [0.2, 0.25) is 5.91 Å². The van der Waals surface area contributed by atoms with Crippen molar-refractivity contribution in [3.63, 3.8) is 0 Å². The van der Waals surface area contributed by atoms with Crippen molar-refractivity contribution < 1.29 is 14.3 Å². The first-order valence-corrected chi connectivity index (χ1v) is 11.7. The third-order valence-electron chi connectivity index (χ3n) is 7.89. The number of rotatable bonds is 5. The van der Waals surface area contributed by atoms with E-state index < -0.39 is 0 Å². The number of likely N-dealkylation sites (tertiary alicyclic amines) is 2. The molecule has 1 aromatic heterocycles. The fourth-order valence-corrected chi connectivity index (χ4v) is 6.64. The molecule has 2 aromatic rings. The van der Waals surface area contributed by atoms with E-state index in [1.807, 2.05) is 24.3 Å². The number of fused-ring (bicyclic) bond motifs is 1. The minimum Gasteiger partial charge on any atom is -0.482 e. The molecule has 0 unspecified atom stereocenters. The molecule has 1 saturated carbocycles. The topological polar surface area (TPSA) is 62.7 Å². The number of amides is 2. The molecule has 3 fully saturated rings. The molecular formula is C26H31N3O3. The van der Waals surface area contributed by atoms with Gasteiger partial charge in [-0.1, -0.05) is 37.3 Å². The van der Waals surface area contributed by atoms with Crippen LogP contribution >= 0.6 is 0 Å². The van der Waals surface area contributed by atoms with Crippen LogP contribution in [-0.4, -0.2) is 57.4 Å². The second kappa shape index (κ2) is 8.23. The summed E-state index contributed by atoms with van der Waals surface area (Å²) in [5.74, 6) is 0.729. The molecule has 3 heterocycles. The Morgan fingerprint density at radius 2 is 1.84 bits per heavy atom. The number of hydrogen-bond acceptors (Lipinski definition) is 4. The molecule has 5 atom stereocenters. The Hall–Kier alpha value is -2.89. The third kappa shape index (κ3) is 3.46. The van der Waals surface area contributed by atoms with Gasteiger partial charge in [-0.05, 0) is 49.8 Å². The molecule has 1 aromatic carbocycles. The molecule has 2 aliphatic heterocycles. The Balaban J connectivity index is 1.47. The largest absolute Gasteiger partial charge is 0.482 e. The van der Waals surface area contributed by atoms with Crippen LogP contribution in [0.1, 0.15) is 45.1 Å². The molecule has 0 N–H and O–H groups in total. The smallest absolute Gasteiger partial charge is 0.261 e. The van der Waals surface area contributed by atoms with Gasteiger partial charge in [-0.3, -0.25) is 14.6 Å². The molecule has 0 radical (unpaired) electrons. The normalized spacial score (nSPS) is 30.8. The lowest BCUT2D eigenvalue weighted by molar-refractivity contribution is -0.143. The van der Waals surface area contributed by atoms with Crippen molar-refractivity contribution in [2.24, 2.45) is 5.41 Å². The zero-order valence-electron chi connectivity index (χ0n) is 18.8. The Morgan fingerprint density at radius 3 is 2.53 bits per heavy atom. The van der Waals surface area contributed by atoms with E-state index >= 15 is 0 Å². The van der Waals surface area contributed by atoms with Gasteiger partial charge in [0, 0.05) is 30.6 Å². The Bertz CT molecular complexity index is 982. The van der Waals surface area contributed by atoms with Crippen molar-refractivity contribution in [1.29, 1.82) is 0 Å². The number of aromatic nitrogens is 1. The minimum atomic E-state index is -0.0638. The molecule has 2 amide bonds. The molecule has 1 aliphatic carbocycles. The zero-order valence-corrected chi connectivity index (χ0v) is 18.8. The van der Waals surface area contributed by atoms with E-state index in [0.717, 1.165) is 32.1 Å². The number of piperidine rings is 1. The van der Waals surface area contributed by atoms with Gasteiger partial charge in [0.15, 0.2) is 6.61 Å². The van der Waals surface area contributed by atoms with Gasteiger partial charge in [0.05, 0.1) is 18.3 Å². The Morgan fingerprint density at radius 1 is 1.09 bits per heavy atom. The monoisotopic (exact) mass is 433 g/mol. The number of pyridine rings is 1. The van der Waals surface area contributed by atoms with Gasteiger partial charge >= 0.3 is 0 Å². The van der Waals surface area contributed by atoms with Gasteiger partial charge in [0.1, 0.15) is 5.75 Å². The fourth-order valence-electron chi connectivity index (χ4n) is 6.64. The number of carbonyl (C=O) groups is 2.